The summed E-state index contributed by atoms with van der Waals surface area (Å²) < 4.78 is 87.0. The maximum absolute atomic E-state index is 13.1. The number of carbonyl (C=O) groups is 5. The predicted octanol–water partition coefficient (Wildman–Crippen LogP) is -18.7. The Balaban J connectivity index is 1.02. The maximum atomic E-state index is 13.1. The number of carbonyl (C=O) groups excluding carboxylic acids is 4. The lowest BCUT2D eigenvalue weighted by molar-refractivity contribution is -0.394. The Kier molecular flexibility index (Phi) is 31.5. The van der Waals surface area contributed by atoms with E-state index in [0.29, 0.717) is 0 Å². The summed E-state index contributed by atoms with van der Waals surface area (Å²) in [4.78, 5) is 62.9. The average molecular weight is 1570 g/mol. The van der Waals surface area contributed by atoms with Gasteiger partial charge in [0.15, 0.2) is 44.0 Å². The Bertz CT molecular complexity index is 2870. The molecule has 0 spiro atoms. The Morgan fingerprint density at radius 1 is 0.383 bits per heavy atom. The molecular weight excluding hydrogens is 1470 g/mol. The number of nitrogens with one attached hydrogen (secondary N) is 4. The van der Waals surface area contributed by atoms with Crippen LogP contribution < -0.4 is 21.3 Å². The van der Waals surface area contributed by atoms with Crippen LogP contribution in [0, 0.1) is 0 Å². The van der Waals surface area contributed by atoms with E-state index in [4.69, 9.17) is 71.1 Å². The first kappa shape index (κ1) is 88.4. The SMILES string of the molecule is CC(=O)N[C@@H]1[C@@H](O)[C@H](O[C@@H]2O[C@H](CO)[C@@H](O[C@@H]3O[C@H](CO[C@H]4O[C@H](CO)[C@@H](O)[C@H](O)[C@@H]4O)[C@@H](O)[C@H](O[C@H]4O[C@H](CO)[C@@H](O[C@@H]5O[C@H](CO)[C@@H](O[C@@H]6O[C@H](CO)[C@H](O)[C@H](O[C@]7(C(=O)O)C[C@H](O)[C@@H](NC(C)=O)[C@H]([C@H](O)[C@H](O)CO)O7)[C@H]6O)[C@H](O)[C@H]5NC(C)=O)[C@H](O)[C@@H]4O)[C@@H]3O)[C@H](O)[C@H]2NC(C)=O)[C@@H](CO)O[C@H]1O. The van der Waals surface area contributed by atoms with Gasteiger partial charge in [0, 0.05) is 34.1 Å². The molecule has 0 aromatic carbocycles. The second-order valence-electron chi connectivity index (χ2n) is 26.8. The first-order valence-corrected chi connectivity index (χ1v) is 33.7. The minimum absolute atomic E-state index is 0.761. The summed E-state index contributed by atoms with van der Waals surface area (Å²) in [7, 11) is 0. The lowest BCUT2D eigenvalue weighted by atomic mass is 9.88. The number of rotatable bonds is 29. The molecule has 8 saturated heterocycles. The largest absolute Gasteiger partial charge is 0.477 e. The Morgan fingerprint density at radius 3 is 1.21 bits per heavy atom. The van der Waals surface area contributed by atoms with Gasteiger partial charge >= 0.3 is 5.97 Å². The van der Waals surface area contributed by atoms with E-state index in [-0.39, 0.29) is 0 Å². The van der Waals surface area contributed by atoms with Gasteiger partial charge in [0.25, 0.3) is 5.79 Å². The lowest BCUT2D eigenvalue weighted by Gasteiger charge is -2.51. The third kappa shape index (κ3) is 19.6. The van der Waals surface area contributed by atoms with Crippen LogP contribution in [0.15, 0.2) is 0 Å². The zero-order valence-electron chi connectivity index (χ0n) is 57.4. The second-order valence-corrected chi connectivity index (χ2v) is 26.8. The number of hydrogen-bond acceptors (Lipinski definition) is 43. The molecule has 0 aromatic heterocycles. The molecule has 8 fully saturated rings. The van der Waals surface area contributed by atoms with Crippen molar-refractivity contribution < 1.29 is 218 Å². The molecule has 48 nitrogen and oxygen atoms in total. The van der Waals surface area contributed by atoms with Gasteiger partial charge < -0.3 is 215 Å². The van der Waals surface area contributed by atoms with Gasteiger partial charge in [-0.25, -0.2) is 4.79 Å². The first-order chi connectivity index (χ1) is 50.4. The summed E-state index contributed by atoms with van der Waals surface area (Å²) in [6, 6.07) is -7.12. The Morgan fingerprint density at radius 2 is 0.738 bits per heavy atom. The van der Waals surface area contributed by atoms with Crippen LogP contribution in [0.4, 0.5) is 0 Å². The first-order valence-electron chi connectivity index (χ1n) is 33.7. The molecule has 4 amide bonds. The number of amides is 4. The van der Waals surface area contributed by atoms with Crippen LogP contribution in [0.3, 0.4) is 0 Å². The fraction of sp³-hybridized carbons (Fsp3) is 0.915. The lowest BCUT2D eigenvalue weighted by Crippen LogP contribution is -2.71. The minimum atomic E-state index is -3.25. The fourth-order valence-electron chi connectivity index (χ4n) is 13.7. The number of carboxylic acids is 1. The van der Waals surface area contributed by atoms with Crippen molar-refractivity contribution in [1.29, 1.82) is 0 Å². The van der Waals surface area contributed by atoms with E-state index in [0.717, 1.165) is 27.7 Å². The molecule has 0 unspecified atom stereocenters. The summed E-state index contributed by atoms with van der Waals surface area (Å²) >= 11 is 0. The van der Waals surface area contributed by atoms with Gasteiger partial charge in [0.05, 0.1) is 65.0 Å². The van der Waals surface area contributed by atoms with Crippen molar-refractivity contribution in [3.63, 3.8) is 0 Å². The number of aliphatic hydroxyl groups excluding tert-OH is 23. The van der Waals surface area contributed by atoms with E-state index in [1.165, 1.54) is 0 Å². The third-order valence-electron chi connectivity index (χ3n) is 19.2. The maximum Gasteiger partial charge on any atom is 0.364 e. The summed E-state index contributed by atoms with van der Waals surface area (Å²) in [5, 5.41) is 274. The summed E-state index contributed by atoms with van der Waals surface area (Å²) in [6.45, 7) is -4.96. The normalized spacial score (nSPS) is 46.9. The van der Waals surface area contributed by atoms with Crippen molar-refractivity contribution >= 4 is 29.6 Å². The summed E-state index contributed by atoms with van der Waals surface area (Å²) in [5.74, 6) is -8.86. The standard InChI is InChI=1S/C59H98N4O44/c1-14(71)60-27-18(75)5-59(58(91)92,106-48(27)31(77)19(76)6-64)107-50-33(79)21(8-66)96-57(43(50)89)104-46-24(11-69)98-53(30(37(46)83)63-17(4)74)102-47-25(12-70)99-55(41(87)39(47)85)105-49-34(80)26(13-93-54-40(86)38(84)32(78)20(7-65)95-54)100-56(42(49)88)103-45-23(10-68)97-52(29(36(45)82)62-16(3)73)101-44-22(9-67)94-51(90)28(35(44)81)61-15(2)72/h18-57,64-70,75-90H,5-13H2,1-4H3,(H,60,71)(H,61,72)(H,62,73)(H,63,74)(H,91,92)/t18-,19+,20+,21+,22+,23+,24+,25+,26+,27+,28+,29+,30+,31+,32+,33-,34+,35+,36+,37+,38-,39+,40-,41-,42-,43+,44+,45+,46+,47+,48+,49-,50-,51+,52-,53-,54-,55+,56-,57-,59-/m0/s1. The highest BCUT2D eigenvalue weighted by Crippen LogP contribution is 2.41. The smallest absolute Gasteiger partial charge is 0.364 e. The highest BCUT2D eigenvalue weighted by Gasteiger charge is 2.63. The van der Waals surface area contributed by atoms with Gasteiger partial charge in [-0.3, -0.25) is 19.2 Å². The molecule has 0 radical (unpaired) electrons. The molecule has 0 aromatic rings. The van der Waals surface area contributed by atoms with Crippen LogP contribution in [0.1, 0.15) is 34.1 Å². The molecule has 0 saturated carbocycles. The van der Waals surface area contributed by atoms with E-state index < -0.39 is 340 Å². The Hall–Kier alpha value is -4.17. The molecule has 8 aliphatic rings. The molecule has 107 heavy (non-hydrogen) atoms. The molecule has 48 heteroatoms. The predicted molar refractivity (Wildman–Crippen MR) is 328 cm³/mol. The molecule has 618 valence electrons. The van der Waals surface area contributed by atoms with Crippen molar-refractivity contribution in [2.75, 3.05) is 52.9 Å². The van der Waals surface area contributed by atoms with Crippen LogP contribution in [-0.4, -0.2) is 456 Å². The zero-order valence-corrected chi connectivity index (χ0v) is 57.4. The van der Waals surface area contributed by atoms with Gasteiger partial charge in [0.2, 0.25) is 23.6 Å². The Labute approximate surface area is 605 Å². The summed E-state index contributed by atoms with van der Waals surface area (Å²) in [6.07, 6.45) is -76.7. The van der Waals surface area contributed by atoms with Crippen LogP contribution in [-0.2, 0) is 95.0 Å². The number of aliphatic hydroxyl groups is 23. The zero-order chi connectivity index (χ0) is 79.3. The van der Waals surface area contributed by atoms with E-state index in [9.17, 15) is 147 Å². The molecule has 8 heterocycles. The van der Waals surface area contributed by atoms with E-state index in [2.05, 4.69) is 21.3 Å². The molecular formula is C59H98N4O44. The monoisotopic (exact) mass is 1570 g/mol. The molecule has 41 atom stereocenters. The molecule has 28 N–H and O–H groups in total. The average Bonchev–Trinajstić information content (AvgIpc) is 0.759. The third-order valence-corrected chi connectivity index (χ3v) is 19.2. The van der Waals surface area contributed by atoms with Crippen molar-refractivity contribution in [3.05, 3.63) is 0 Å². The van der Waals surface area contributed by atoms with E-state index >= 15 is 0 Å². The van der Waals surface area contributed by atoms with Gasteiger partial charge in [0.1, 0.15) is 189 Å². The van der Waals surface area contributed by atoms with Crippen LogP contribution in [0.25, 0.3) is 0 Å². The molecule has 0 bridgehead atoms. The van der Waals surface area contributed by atoms with Crippen LogP contribution in [0.5, 0.6) is 0 Å². The summed E-state index contributed by atoms with van der Waals surface area (Å²) in [5.41, 5.74) is 0. The van der Waals surface area contributed by atoms with Gasteiger partial charge in [-0.15, -0.1) is 0 Å². The van der Waals surface area contributed by atoms with Crippen LogP contribution >= 0.6 is 0 Å². The van der Waals surface area contributed by atoms with Crippen molar-refractivity contribution in [2.24, 2.45) is 0 Å². The topological polar surface area (TPSA) is 757 Å². The highest BCUT2D eigenvalue weighted by molar-refractivity contribution is 5.77. The fourth-order valence-corrected chi connectivity index (χ4v) is 13.7. The second kappa shape index (κ2) is 38.1. The number of carboxylic acid groups (broad SMARTS) is 1. The van der Waals surface area contributed by atoms with Crippen molar-refractivity contribution in [1.82, 2.24) is 21.3 Å². The number of aliphatic carboxylic acids is 1. The van der Waals surface area contributed by atoms with E-state index in [1.807, 2.05) is 0 Å². The van der Waals surface area contributed by atoms with Crippen LogP contribution in [0.2, 0.25) is 0 Å². The highest BCUT2D eigenvalue weighted by atomic mass is 16.8. The molecule has 8 rings (SSSR count). The quantitative estimate of drug-likeness (QED) is 0.0331. The number of ether oxygens (including phenoxy) is 15. The van der Waals surface area contributed by atoms with Gasteiger partial charge in [-0.1, -0.05) is 0 Å². The van der Waals surface area contributed by atoms with Crippen molar-refractivity contribution in [3.8, 4) is 0 Å². The minimum Gasteiger partial charge on any atom is -0.477 e. The molecule has 0 aliphatic carbocycles. The van der Waals surface area contributed by atoms with E-state index in [1.54, 1.807) is 0 Å². The molecule has 8 aliphatic heterocycles. The number of hydrogen-bond donors (Lipinski definition) is 28. The van der Waals surface area contributed by atoms with Crippen molar-refractivity contribution in [2.45, 2.75) is 285 Å². The van der Waals surface area contributed by atoms with Gasteiger partial charge in [-0.05, 0) is 0 Å². The van der Waals surface area contributed by atoms with Gasteiger partial charge in [-0.2, -0.15) is 0 Å².